The fraction of sp³-hybridized carbons (Fsp3) is 0.350. The lowest BCUT2D eigenvalue weighted by molar-refractivity contribution is -0.139. The highest BCUT2D eigenvalue weighted by Crippen LogP contribution is 2.25. The van der Waals surface area contributed by atoms with Gasteiger partial charge in [-0.1, -0.05) is 30.7 Å². The molecule has 0 spiro atoms. The Labute approximate surface area is 158 Å². The molecule has 138 valence electrons. The number of rotatable bonds is 5. The lowest BCUT2D eigenvalue weighted by Gasteiger charge is -2.37. The molecule has 1 aliphatic rings. The van der Waals surface area contributed by atoms with Crippen LogP contribution in [-0.2, 0) is 4.79 Å². The topological polar surface area (TPSA) is 32.8 Å². The standard InChI is InChI=1S/C20H22ClFN2O2/c1-2-18(26-19-6-4-3-5-17(19)21)20(25)24-13-11-23(12-14-24)16-9-7-15(22)8-10-16/h3-10,18H,2,11-14H2,1H3. The zero-order chi connectivity index (χ0) is 18.5. The molecule has 26 heavy (non-hydrogen) atoms. The van der Waals surface area contributed by atoms with E-state index in [4.69, 9.17) is 16.3 Å². The first-order valence-electron chi connectivity index (χ1n) is 8.79. The van der Waals surface area contributed by atoms with Gasteiger partial charge in [-0.15, -0.1) is 0 Å². The third-order valence-electron chi connectivity index (χ3n) is 4.54. The van der Waals surface area contributed by atoms with Gasteiger partial charge in [-0.2, -0.15) is 0 Å². The van der Waals surface area contributed by atoms with Crippen LogP contribution in [0.3, 0.4) is 0 Å². The molecular formula is C20H22ClFN2O2. The first-order chi connectivity index (χ1) is 12.6. The monoisotopic (exact) mass is 376 g/mol. The Morgan fingerprint density at radius 2 is 1.77 bits per heavy atom. The van der Waals surface area contributed by atoms with Crippen LogP contribution in [-0.4, -0.2) is 43.1 Å². The summed E-state index contributed by atoms with van der Waals surface area (Å²) >= 11 is 6.13. The Balaban J connectivity index is 1.59. The van der Waals surface area contributed by atoms with E-state index < -0.39 is 6.10 Å². The van der Waals surface area contributed by atoms with Gasteiger partial charge in [0.05, 0.1) is 5.02 Å². The average molecular weight is 377 g/mol. The van der Waals surface area contributed by atoms with Gasteiger partial charge in [0, 0.05) is 31.9 Å². The lowest BCUT2D eigenvalue weighted by atomic mass is 10.2. The van der Waals surface area contributed by atoms with Gasteiger partial charge in [0.25, 0.3) is 5.91 Å². The molecule has 0 aliphatic carbocycles. The minimum atomic E-state index is -0.549. The fourth-order valence-electron chi connectivity index (χ4n) is 3.04. The average Bonchev–Trinajstić information content (AvgIpc) is 2.68. The van der Waals surface area contributed by atoms with Gasteiger partial charge in [0.15, 0.2) is 6.10 Å². The molecule has 1 heterocycles. The largest absolute Gasteiger partial charge is 0.479 e. The summed E-state index contributed by atoms with van der Waals surface area (Å²) in [5.74, 6) is 0.260. The van der Waals surface area contributed by atoms with Crippen molar-refractivity contribution >= 4 is 23.2 Å². The molecule has 2 aromatic carbocycles. The highest BCUT2D eigenvalue weighted by molar-refractivity contribution is 6.32. The van der Waals surface area contributed by atoms with E-state index in [1.54, 1.807) is 24.3 Å². The van der Waals surface area contributed by atoms with Gasteiger partial charge in [-0.05, 0) is 42.8 Å². The van der Waals surface area contributed by atoms with E-state index in [9.17, 15) is 9.18 Å². The number of anilines is 1. The molecule has 0 saturated carbocycles. The second-order valence-corrected chi connectivity index (χ2v) is 6.64. The molecule has 3 rings (SSSR count). The maximum absolute atomic E-state index is 13.1. The van der Waals surface area contributed by atoms with Crippen molar-refractivity contribution in [1.82, 2.24) is 4.90 Å². The molecule has 0 radical (unpaired) electrons. The number of carbonyl (C=O) groups is 1. The van der Waals surface area contributed by atoms with Crippen LogP contribution in [0.5, 0.6) is 5.75 Å². The number of amides is 1. The number of ether oxygens (including phenoxy) is 1. The third-order valence-corrected chi connectivity index (χ3v) is 4.85. The zero-order valence-electron chi connectivity index (χ0n) is 14.7. The van der Waals surface area contributed by atoms with Crippen LogP contribution in [0.1, 0.15) is 13.3 Å². The van der Waals surface area contributed by atoms with E-state index in [2.05, 4.69) is 4.90 Å². The molecule has 1 saturated heterocycles. The molecular weight excluding hydrogens is 355 g/mol. The molecule has 1 unspecified atom stereocenters. The Kier molecular flexibility index (Phi) is 5.99. The van der Waals surface area contributed by atoms with Crippen molar-refractivity contribution in [3.63, 3.8) is 0 Å². The number of hydrogen-bond donors (Lipinski definition) is 0. The molecule has 1 amide bonds. The Morgan fingerprint density at radius 1 is 1.12 bits per heavy atom. The first-order valence-corrected chi connectivity index (χ1v) is 9.16. The summed E-state index contributed by atoms with van der Waals surface area (Å²) in [7, 11) is 0. The lowest BCUT2D eigenvalue weighted by Crippen LogP contribution is -2.52. The van der Waals surface area contributed by atoms with E-state index in [0.717, 1.165) is 5.69 Å². The van der Waals surface area contributed by atoms with Crippen LogP contribution >= 0.6 is 11.6 Å². The van der Waals surface area contributed by atoms with Gasteiger partial charge in [0.2, 0.25) is 0 Å². The summed E-state index contributed by atoms with van der Waals surface area (Å²) in [6, 6.07) is 13.6. The van der Waals surface area contributed by atoms with Crippen molar-refractivity contribution in [2.75, 3.05) is 31.1 Å². The quantitative estimate of drug-likeness (QED) is 0.791. The summed E-state index contributed by atoms with van der Waals surface area (Å²) < 4.78 is 18.9. The van der Waals surface area contributed by atoms with Crippen molar-refractivity contribution < 1.29 is 13.9 Å². The van der Waals surface area contributed by atoms with Gasteiger partial charge in [-0.25, -0.2) is 4.39 Å². The van der Waals surface area contributed by atoms with E-state index in [1.807, 2.05) is 24.0 Å². The predicted molar refractivity (Wildman–Crippen MR) is 101 cm³/mol. The summed E-state index contributed by atoms with van der Waals surface area (Å²) in [5, 5.41) is 0.500. The van der Waals surface area contributed by atoms with Gasteiger partial charge in [-0.3, -0.25) is 4.79 Å². The van der Waals surface area contributed by atoms with Crippen molar-refractivity contribution in [2.45, 2.75) is 19.4 Å². The number of para-hydroxylation sites is 1. The van der Waals surface area contributed by atoms with Crippen LogP contribution in [0, 0.1) is 5.82 Å². The second kappa shape index (κ2) is 8.41. The highest BCUT2D eigenvalue weighted by atomic mass is 35.5. The van der Waals surface area contributed by atoms with Gasteiger partial charge >= 0.3 is 0 Å². The Bertz CT molecular complexity index is 746. The van der Waals surface area contributed by atoms with E-state index in [1.165, 1.54) is 12.1 Å². The van der Waals surface area contributed by atoms with Crippen molar-refractivity contribution in [3.05, 3.63) is 59.4 Å². The van der Waals surface area contributed by atoms with Gasteiger partial charge < -0.3 is 14.5 Å². The molecule has 2 aromatic rings. The van der Waals surface area contributed by atoms with Crippen LogP contribution in [0.2, 0.25) is 5.02 Å². The molecule has 0 bridgehead atoms. The normalized spacial score (nSPS) is 15.7. The molecule has 0 N–H and O–H groups in total. The molecule has 4 nitrogen and oxygen atoms in total. The van der Waals surface area contributed by atoms with Crippen molar-refractivity contribution in [3.8, 4) is 5.75 Å². The summed E-state index contributed by atoms with van der Waals surface area (Å²) in [6.45, 7) is 4.56. The molecule has 0 aromatic heterocycles. The van der Waals surface area contributed by atoms with E-state index >= 15 is 0 Å². The van der Waals surface area contributed by atoms with Crippen LogP contribution in [0.4, 0.5) is 10.1 Å². The smallest absolute Gasteiger partial charge is 0.263 e. The molecule has 1 aliphatic heterocycles. The number of nitrogens with zero attached hydrogens (tertiary/aromatic N) is 2. The third kappa shape index (κ3) is 4.28. The Morgan fingerprint density at radius 3 is 2.38 bits per heavy atom. The Hall–Kier alpha value is -2.27. The SMILES string of the molecule is CCC(Oc1ccccc1Cl)C(=O)N1CCN(c2ccc(F)cc2)CC1. The summed E-state index contributed by atoms with van der Waals surface area (Å²) in [6.07, 6.45) is 0.0228. The highest BCUT2D eigenvalue weighted by Gasteiger charge is 2.28. The van der Waals surface area contributed by atoms with Crippen LogP contribution in [0.15, 0.2) is 48.5 Å². The fourth-order valence-corrected chi connectivity index (χ4v) is 3.22. The van der Waals surface area contributed by atoms with E-state index in [0.29, 0.717) is 43.4 Å². The number of halogens is 2. The van der Waals surface area contributed by atoms with E-state index in [-0.39, 0.29) is 11.7 Å². The van der Waals surface area contributed by atoms with Crippen molar-refractivity contribution in [1.29, 1.82) is 0 Å². The first kappa shape index (κ1) is 18.5. The second-order valence-electron chi connectivity index (χ2n) is 6.23. The number of carbonyl (C=O) groups excluding carboxylic acids is 1. The minimum Gasteiger partial charge on any atom is -0.479 e. The molecule has 6 heteroatoms. The number of piperazine rings is 1. The van der Waals surface area contributed by atoms with Gasteiger partial charge in [0.1, 0.15) is 11.6 Å². The van der Waals surface area contributed by atoms with Crippen LogP contribution in [0.25, 0.3) is 0 Å². The number of hydrogen-bond acceptors (Lipinski definition) is 3. The maximum Gasteiger partial charge on any atom is 0.263 e. The van der Waals surface area contributed by atoms with Crippen molar-refractivity contribution in [2.24, 2.45) is 0 Å². The molecule has 1 fully saturated rings. The zero-order valence-corrected chi connectivity index (χ0v) is 15.5. The summed E-state index contributed by atoms with van der Waals surface area (Å²) in [5.41, 5.74) is 0.970. The molecule has 1 atom stereocenters. The van der Waals surface area contributed by atoms with Crippen LogP contribution < -0.4 is 9.64 Å². The summed E-state index contributed by atoms with van der Waals surface area (Å²) in [4.78, 5) is 16.8. The number of benzene rings is 2. The predicted octanol–water partition coefficient (Wildman–Crippen LogP) is 3.99. The maximum atomic E-state index is 13.1. The minimum absolute atomic E-state index is 0.0221.